The summed E-state index contributed by atoms with van der Waals surface area (Å²) in [6, 6.07) is 1.92. The molecule has 1 aromatic rings. The van der Waals surface area contributed by atoms with Crippen molar-refractivity contribution in [2.75, 3.05) is 26.1 Å². The van der Waals surface area contributed by atoms with Crippen molar-refractivity contribution >= 4 is 5.82 Å². The first-order valence-corrected chi connectivity index (χ1v) is 4.33. The van der Waals surface area contributed by atoms with Gasteiger partial charge in [-0.1, -0.05) is 0 Å². The molecule has 2 rings (SSSR count). The van der Waals surface area contributed by atoms with Crippen LogP contribution in [0, 0.1) is 0 Å². The number of aromatic nitrogens is 2. The Morgan fingerprint density at radius 1 is 1.62 bits per heavy atom. The number of nitrogens with two attached hydrogens (primary N) is 1. The largest absolute Gasteiger partial charge is 0.382 e. The second-order valence-corrected chi connectivity index (χ2v) is 3.25. The second kappa shape index (κ2) is 3.35. The van der Waals surface area contributed by atoms with E-state index < -0.39 is 0 Å². The van der Waals surface area contributed by atoms with Crippen LogP contribution in [0.1, 0.15) is 5.69 Å². The van der Waals surface area contributed by atoms with Gasteiger partial charge in [-0.05, 0) is 0 Å². The van der Waals surface area contributed by atoms with Gasteiger partial charge in [0.05, 0.1) is 19.0 Å². The molecule has 1 aliphatic rings. The first-order valence-electron chi connectivity index (χ1n) is 4.33. The van der Waals surface area contributed by atoms with E-state index >= 15 is 0 Å². The van der Waals surface area contributed by atoms with Gasteiger partial charge in [-0.2, -0.15) is 5.10 Å². The van der Waals surface area contributed by atoms with E-state index in [1.165, 1.54) is 5.69 Å². The summed E-state index contributed by atoms with van der Waals surface area (Å²) in [6.07, 6.45) is 0. The predicted molar refractivity (Wildman–Crippen MR) is 48.9 cm³/mol. The van der Waals surface area contributed by atoms with Crippen LogP contribution >= 0.6 is 0 Å². The van der Waals surface area contributed by atoms with E-state index in [0.717, 1.165) is 19.6 Å². The average Bonchev–Trinajstić information content (AvgIpc) is 2.44. The fourth-order valence-electron chi connectivity index (χ4n) is 1.64. The minimum atomic E-state index is 0.606. The molecule has 5 nitrogen and oxygen atoms in total. The minimum Gasteiger partial charge on any atom is -0.382 e. The van der Waals surface area contributed by atoms with E-state index in [9.17, 15) is 0 Å². The number of nitrogen functional groups attached to an aromatic ring is 1. The molecule has 0 saturated heterocycles. The molecule has 2 N–H and O–H groups in total. The van der Waals surface area contributed by atoms with Crippen LogP contribution in [-0.4, -0.2) is 35.1 Å². The number of nitrogens with zero attached hydrogens (tertiary/aromatic N) is 3. The lowest BCUT2D eigenvalue weighted by Crippen LogP contribution is -2.35. The summed E-state index contributed by atoms with van der Waals surface area (Å²) >= 11 is 0. The highest BCUT2D eigenvalue weighted by molar-refractivity contribution is 5.29. The first kappa shape index (κ1) is 8.52. The van der Waals surface area contributed by atoms with Crippen molar-refractivity contribution in [3.63, 3.8) is 0 Å². The van der Waals surface area contributed by atoms with E-state index in [4.69, 9.17) is 10.5 Å². The Kier molecular flexibility index (Phi) is 2.20. The molecule has 5 heteroatoms. The number of rotatable bonds is 2. The Hall–Kier alpha value is -1.07. The molecule has 2 heterocycles. The van der Waals surface area contributed by atoms with Gasteiger partial charge in [0, 0.05) is 26.3 Å². The summed E-state index contributed by atoms with van der Waals surface area (Å²) in [7, 11) is 1.71. The average molecular weight is 182 g/mol. The number of hydrogen-bond donors (Lipinski definition) is 1. The molecule has 1 aliphatic heterocycles. The molecule has 72 valence electrons. The highest BCUT2D eigenvalue weighted by atomic mass is 16.5. The van der Waals surface area contributed by atoms with E-state index in [1.807, 2.05) is 10.7 Å². The molecule has 0 radical (unpaired) electrons. The molecule has 0 aliphatic carbocycles. The highest BCUT2D eigenvalue weighted by Gasteiger charge is 2.16. The summed E-state index contributed by atoms with van der Waals surface area (Å²) in [6.45, 7) is 3.42. The molecule has 0 amide bonds. The molecule has 0 spiro atoms. The fourth-order valence-corrected chi connectivity index (χ4v) is 1.64. The lowest BCUT2D eigenvalue weighted by Gasteiger charge is -2.26. The third-order valence-electron chi connectivity index (χ3n) is 2.21. The van der Waals surface area contributed by atoms with E-state index in [1.54, 1.807) is 7.11 Å². The van der Waals surface area contributed by atoms with Crippen LogP contribution in [0.2, 0.25) is 0 Å². The zero-order valence-corrected chi connectivity index (χ0v) is 7.73. The summed E-state index contributed by atoms with van der Waals surface area (Å²) in [5, 5.41) is 4.17. The smallest absolute Gasteiger partial charge is 0.145 e. The number of ether oxygens (including phenoxy) is 1. The van der Waals surface area contributed by atoms with E-state index in [-0.39, 0.29) is 0 Å². The maximum absolute atomic E-state index is 5.60. The molecule has 0 atom stereocenters. The lowest BCUT2D eigenvalue weighted by molar-refractivity contribution is 0.0439. The number of hydrogen-bond acceptors (Lipinski definition) is 4. The predicted octanol–water partition coefficient (Wildman–Crippen LogP) is -0.115. The van der Waals surface area contributed by atoms with E-state index in [2.05, 4.69) is 10.00 Å². The minimum absolute atomic E-state index is 0.606. The van der Waals surface area contributed by atoms with Crippen molar-refractivity contribution in [2.45, 2.75) is 13.1 Å². The van der Waals surface area contributed by atoms with Crippen molar-refractivity contribution in [1.29, 1.82) is 0 Å². The van der Waals surface area contributed by atoms with Gasteiger partial charge in [-0.25, -0.2) is 0 Å². The molecule has 0 fully saturated rings. The maximum atomic E-state index is 5.60. The Morgan fingerprint density at radius 2 is 2.46 bits per heavy atom. The Balaban J connectivity index is 2.10. The molecule has 1 aromatic heterocycles. The fraction of sp³-hybridized carbons (Fsp3) is 0.625. The summed E-state index contributed by atoms with van der Waals surface area (Å²) < 4.78 is 7.03. The van der Waals surface area contributed by atoms with Crippen molar-refractivity contribution in [3.8, 4) is 0 Å². The van der Waals surface area contributed by atoms with Crippen molar-refractivity contribution in [3.05, 3.63) is 11.8 Å². The van der Waals surface area contributed by atoms with Gasteiger partial charge >= 0.3 is 0 Å². The maximum Gasteiger partial charge on any atom is 0.145 e. The van der Waals surface area contributed by atoms with Gasteiger partial charge < -0.3 is 10.5 Å². The topological polar surface area (TPSA) is 56.3 Å². The van der Waals surface area contributed by atoms with Gasteiger partial charge in [0.15, 0.2) is 0 Å². The monoisotopic (exact) mass is 182 g/mol. The van der Waals surface area contributed by atoms with Gasteiger partial charge in [0.25, 0.3) is 0 Å². The van der Waals surface area contributed by atoms with Crippen LogP contribution in [0.5, 0.6) is 0 Å². The zero-order valence-electron chi connectivity index (χ0n) is 7.73. The molecule has 0 aromatic carbocycles. The Morgan fingerprint density at radius 3 is 3.23 bits per heavy atom. The molecular weight excluding hydrogens is 168 g/mol. The Labute approximate surface area is 77.1 Å². The lowest BCUT2D eigenvalue weighted by atomic mass is 10.3. The number of anilines is 1. The third kappa shape index (κ3) is 1.66. The van der Waals surface area contributed by atoms with Gasteiger partial charge in [-0.15, -0.1) is 0 Å². The quantitative estimate of drug-likeness (QED) is 0.693. The zero-order chi connectivity index (χ0) is 9.26. The SMILES string of the molecule is COCN1CCn2nc(N)cc2C1. The first-order chi connectivity index (χ1) is 6.29. The van der Waals surface area contributed by atoms with Crippen LogP contribution < -0.4 is 5.73 Å². The molecule has 0 unspecified atom stereocenters. The molecular formula is C8H14N4O. The van der Waals surface area contributed by atoms with E-state index in [0.29, 0.717) is 12.5 Å². The van der Waals surface area contributed by atoms with Crippen LogP contribution in [0.25, 0.3) is 0 Å². The van der Waals surface area contributed by atoms with Gasteiger partial charge in [0.2, 0.25) is 0 Å². The molecule has 13 heavy (non-hydrogen) atoms. The van der Waals surface area contributed by atoms with Gasteiger partial charge in [-0.3, -0.25) is 9.58 Å². The molecule has 0 saturated carbocycles. The molecule has 0 bridgehead atoms. The normalized spacial score (nSPS) is 17.3. The van der Waals surface area contributed by atoms with Gasteiger partial charge in [0.1, 0.15) is 5.82 Å². The van der Waals surface area contributed by atoms with Crippen molar-refractivity contribution in [2.24, 2.45) is 0 Å². The van der Waals surface area contributed by atoms with Crippen molar-refractivity contribution in [1.82, 2.24) is 14.7 Å². The van der Waals surface area contributed by atoms with Crippen LogP contribution in [0.15, 0.2) is 6.07 Å². The Bertz CT molecular complexity index is 296. The summed E-state index contributed by atoms with van der Waals surface area (Å²) in [4.78, 5) is 2.22. The number of methoxy groups -OCH3 is 1. The van der Waals surface area contributed by atoms with Crippen LogP contribution in [0.4, 0.5) is 5.82 Å². The second-order valence-electron chi connectivity index (χ2n) is 3.25. The number of fused-ring (bicyclic) bond motifs is 1. The highest BCUT2D eigenvalue weighted by Crippen LogP contribution is 2.13. The third-order valence-corrected chi connectivity index (χ3v) is 2.21. The van der Waals surface area contributed by atoms with Crippen LogP contribution in [-0.2, 0) is 17.8 Å². The standard InChI is InChI=1S/C8H14N4O/c1-13-6-11-2-3-12-7(5-11)4-8(9)10-12/h4H,2-3,5-6H2,1H3,(H2,9,10). The van der Waals surface area contributed by atoms with Crippen LogP contribution in [0.3, 0.4) is 0 Å². The summed E-state index contributed by atoms with van der Waals surface area (Å²) in [5.41, 5.74) is 6.76. The summed E-state index contributed by atoms with van der Waals surface area (Å²) in [5.74, 6) is 0.606. The van der Waals surface area contributed by atoms with Crippen molar-refractivity contribution < 1.29 is 4.74 Å².